The maximum absolute atomic E-state index is 13.3. The van der Waals surface area contributed by atoms with Gasteiger partial charge >= 0.3 is 0 Å². The molecule has 0 aromatic heterocycles. The van der Waals surface area contributed by atoms with Crippen LogP contribution in [-0.2, 0) is 15.0 Å². The number of ketones is 1. The fourth-order valence-corrected chi connectivity index (χ4v) is 4.94. The molecule has 0 radical (unpaired) electrons. The summed E-state index contributed by atoms with van der Waals surface area (Å²) in [5.74, 6) is -1.02. The van der Waals surface area contributed by atoms with Crippen molar-refractivity contribution in [3.63, 3.8) is 0 Å². The summed E-state index contributed by atoms with van der Waals surface area (Å²) in [4.78, 5) is 30.5. The highest BCUT2D eigenvalue weighted by atomic mass is 35.5. The van der Waals surface area contributed by atoms with Crippen LogP contribution in [0.5, 0.6) is 5.75 Å². The number of carbonyl (C=O) groups is 2. The van der Waals surface area contributed by atoms with Gasteiger partial charge in [-0.1, -0.05) is 70.5 Å². The highest BCUT2D eigenvalue weighted by Crippen LogP contribution is 2.41. The van der Waals surface area contributed by atoms with Gasteiger partial charge in [0.15, 0.2) is 0 Å². The number of ether oxygens (including phenoxy) is 1. The minimum absolute atomic E-state index is 0.0385. The summed E-state index contributed by atoms with van der Waals surface area (Å²) in [5.41, 5.74) is 2.34. The van der Waals surface area contributed by atoms with Crippen LogP contribution >= 0.6 is 11.6 Å². The van der Waals surface area contributed by atoms with E-state index in [-0.39, 0.29) is 16.7 Å². The molecule has 6 nitrogen and oxygen atoms in total. The Kier molecular flexibility index (Phi) is 9.43. The molecule has 0 bridgehead atoms. The monoisotopic (exact) mass is 526 g/mol. The number of benzene rings is 2. The quantitative estimate of drug-likeness (QED) is 0.227. The average Bonchev–Trinajstić information content (AvgIpc) is 3.12. The fraction of sp³-hybridized carbons (Fsp3) is 0.467. The van der Waals surface area contributed by atoms with Gasteiger partial charge < -0.3 is 19.6 Å². The number of aliphatic hydroxyl groups is 1. The van der Waals surface area contributed by atoms with Gasteiger partial charge in [-0.25, -0.2) is 0 Å². The molecule has 1 fully saturated rings. The molecule has 7 heteroatoms. The number of halogens is 1. The van der Waals surface area contributed by atoms with Gasteiger partial charge in [0.2, 0.25) is 0 Å². The van der Waals surface area contributed by atoms with Crippen LogP contribution in [0, 0.1) is 0 Å². The number of amides is 1. The Balaban J connectivity index is 2.07. The van der Waals surface area contributed by atoms with Gasteiger partial charge in [-0.15, -0.1) is 0 Å². The van der Waals surface area contributed by atoms with E-state index in [1.54, 1.807) is 23.1 Å². The first-order valence-electron chi connectivity index (χ1n) is 13.1. The van der Waals surface area contributed by atoms with Gasteiger partial charge in [-0.05, 0) is 67.7 Å². The Hall–Kier alpha value is -2.83. The van der Waals surface area contributed by atoms with Crippen molar-refractivity contribution in [2.75, 3.05) is 32.8 Å². The molecular weight excluding hydrogens is 488 g/mol. The van der Waals surface area contributed by atoms with Crippen LogP contribution in [0.4, 0.5) is 0 Å². The van der Waals surface area contributed by atoms with Gasteiger partial charge in [0.1, 0.15) is 11.5 Å². The van der Waals surface area contributed by atoms with Gasteiger partial charge in [0, 0.05) is 12.1 Å². The topological polar surface area (TPSA) is 70.1 Å². The van der Waals surface area contributed by atoms with Gasteiger partial charge in [0.25, 0.3) is 11.7 Å². The van der Waals surface area contributed by atoms with E-state index in [0.717, 1.165) is 37.2 Å². The molecule has 2 aromatic rings. The third-order valence-corrected chi connectivity index (χ3v) is 7.20. The standard InChI is InChI=1S/C30H39ClN2O4/c1-7-32(8-2)17-10-18-33-26(20-11-14-22(15-12-20)30(4,5)6)25(28(35)29(33)36)27(34)21-13-16-24(37-9-3)23(31)19-21/h11-16,19,26,34H,7-10,17-18H2,1-6H3/b27-25-. The van der Waals surface area contributed by atoms with E-state index in [0.29, 0.717) is 29.5 Å². The molecule has 1 aliphatic rings. The largest absolute Gasteiger partial charge is 0.507 e. The molecule has 0 aliphatic carbocycles. The molecule has 1 N–H and O–H groups in total. The van der Waals surface area contributed by atoms with Gasteiger partial charge in [-0.2, -0.15) is 0 Å². The molecule has 1 heterocycles. The highest BCUT2D eigenvalue weighted by molar-refractivity contribution is 6.46. The van der Waals surface area contributed by atoms with E-state index >= 15 is 0 Å². The molecule has 1 amide bonds. The van der Waals surface area contributed by atoms with E-state index in [2.05, 4.69) is 39.5 Å². The Morgan fingerprint density at radius 2 is 1.70 bits per heavy atom. The number of hydrogen-bond acceptors (Lipinski definition) is 5. The number of hydrogen-bond donors (Lipinski definition) is 1. The van der Waals surface area contributed by atoms with Crippen molar-refractivity contribution in [3.8, 4) is 5.75 Å². The SMILES string of the molecule is CCOc1ccc(/C(O)=C2/C(=O)C(=O)N(CCCN(CC)CC)C2c2ccc(C(C)(C)C)cc2)cc1Cl. The summed E-state index contributed by atoms with van der Waals surface area (Å²) in [5, 5.41) is 11.7. The number of nitrogens with zero attached hydrogens (tertiary/aromatic N) is 2. The van der Waals surface area contributed by atoms with E-state index in [1.807, 2.05) is 31.2 Å². The fourth-order valence-electron chi connectivity index (χ4n) is 4.70. The zero-order valence-electron chi connectivity index (χ0n) is 22.8. The number of rotatable bonds is 10. The Bertz CT molecular complexity index is 1150. The van der Waals surface area contributed by atoms with Crippen LogP contribution in [0.3, 0.4) is 0 Å². The van der Waals surface area contributed by atoms with Crippen molar-refractivity contribution in [1.29, 1.82) is 0 Å². The molecular formula is C30H39ClN2O4. The van der Waals surface area contributed by atoms with Gasteiger partial charge in [-0.3, -0.25) is 9.59 Å². The third-order valence-electron chi connectivity index (χ3n) is 6.91. The first-order valence-corrected chi connectivity index (χ1v) is 13.4. The molecule has 200 valence electrons. The average molecular weight is 527 g/mol. The summed E-state index contributed by atoms with van der Waals surface area (Å²) in [6.45, 7) is 16.0. The number of aliphatic hydroxyl groups excluding tert-OH is 1. The lowest BCUT2D eigenvalue weighted by Crippen LogP contribution is -2.33. The van der Waals surface area contributed by atoms with Crippen LogP contribution in [0.2, 0.25) is 5.02 Å². The molecule has 1 atom stereocenters. The molecule has 0 saturated carbocycles. The summed E-state index contributed by atoms with van der Waals surface area (Å²) in [7, 11) is 0. The predicted octanol–water partition coefficient (Wildman–Crippen LogP) is 6.19. The number of carbonyl (C=O) groups excluding carboxylic acids is 2. The Labute approximate surface area is 225 Å². The first-order chi connectivity index (χ1) is 17.5. The second-order valence-electron chi connectivity index (χ2n) is 10.3. The van der Waals surface area contributed by atoms with Crippen LogP contribution in [0.15, 0.2) is 48.0 Å². The van der Waals surface area contributed by atoms with E-state index in [4.69, 9.17) is 16.3 Å². The van der Waals surface area contributed by atoms with Crippen molar-refractivity contribution < 1.29 is 19.4 Å². The zero-order valence-corrected chi connectivity index (χ0v) is 23.6. The molecule has 1 aliphatic heterocycles. The minimum Gasteiger partial charge on any atom is -0.507 e. The maximum Gasteiger partial charge on any atom is 0.295 e. The maximum atomic E-state index is 13.3. The smallest absolute Gasteiger partial charge is 0.295 e. The van der Waals surface area contributed by atoms with Crippen molar-refractivity contribution in [1.82, 2.24) is 9.80 Å². The Morgan fingerprint density at radius 3 is 2.24 bits per heavy atom. The minimum atomic E-state index is -0.685. The van der Waals surface area contributed by atoms with Gasteiger partial charge in [0.05, 0.1) is 23.2 Å². The Morgan fingerprint density at radius 1 is 1.05 bits per heavy atom. The third kappa shape index (κ3) is 6.36. The van der Waals surface area contributed by atoms with Crippen molar-refractivity contribution in [3.05, 3.63) is 69.8 Å². The lowest BCUT2D eigenvalue weighted by Gasteiger charge is -2.27. The second kappa shape index (κ2) is 12.1. The second-order valence-corrected chi connectivity index (χ2v) is 10.7. The predicted molar refractivity (Wildman–Crippen MR) is 149 cm³/mol. The van der Waals surface area contributed by atoms with E-state index < -0.39 is 17.7 Å². The number of Topliss-reactive ketones (excluding diaryl/α,β-unsaturated/α-hetero) is 1. The summed E-state index contributed by atoms with van der Waals surface area (Å²) in [6, 6.07) is 12.2. The lowest BCUT2D eigenvalue weighted by molar-refractivity contribution is -0.140. The zero-order chi connectivity index (χ0) is 27.3. The van der Waals surface area contributed by atoms with Crippen LogP contribution in [0.1, 0.15) is 70.7 Å². The van der Waals surface area contributed by atoms with Crippen LogP contribution in [0.25, 0.3) is 5.76 Å². The summed E-state index contributed by atoms with van der Waals surface area (Å²) < 4.78 is 5.50. The molecule has 2 aromatic carbocycles. The van der Waals surface area contributed by atoms with Crippen molar-refractivity contribution >= 4 is 29.1 Å². The lowest BCUT2D eigenvalue weighted by atomic mass is 9.85. The molecule has 1 unspecified atom stereocenters. The molecule has 37 heavy (non-hydrogen) atoms. The first kappa shape index (κ1) is 28.7. The summed E-state index contributed by atoms with van der Waals surface area (Å²) >= 11 is 6.37. The normalized spacial score (nSPS) is 17.6. The van der Waals surface area contributed by atoms with Crippen LogP contribution < -0.4 is 4.74 Å². The highest BCUT2D eigenvalue weighted by Gasteiger charge is 2.45. The molecule has 0 spiro atoms. The number of likely N-dealkylation sites (tertiary alicyclic amines) is 1. The van der Waals surface area contributed by atoms with E-state index in [9.17, 15) is 14.7 Å². The van der Waals surface area contributed by atoms with Crippen LogP contribution in [-0.4, -0.2) is 59.4 Å². The summed E-state index contributed by atoms with van der Waals surface area (Å²) in [6.07, 6.45) is 0.722. The van der Waals surface area contributed by atoms with Crippen molar-refractivity contribution in [2.45, 2.75) is 59.4 Å². The molecule has 1 saturated heterocycles. The molecule has 3 rings (SSSR count). The van der Waals surface area contributed by atoms with Crippen molar-refractivity contribution in [2.24, 2.45) is 0 Å². The van der Waals surface area contributed by atoms with E-state index in [1.165, 1.54) is 0 Å².